The Balaban J connectivity index is 1.70. The third-order valence-corrected chi connectivity index (χ3v) is 6.43. The molecule has 2 aliphatic heterocycles. The fraction of sp³-hybridized carbons (Fsp3) is 0.722. The first-order valence-electron chi connectivity index (χ1n) is 9.56. The maximum Gasteiger partial charge on any atom is 0.266 e. The van der Waals surface area contributed by atoms with Crippen LogP contribution in [0, 0.1) is 6.92 Å². The summed E-state index contributed by atoms with van der Waals surface area (Å²) >= 11 is 7.50. The lowest BCUT2D eigenvalue weighted by Crippen LogP contribution is -2.57. The largest absolute Gasteiger partial charge is 0.268 e. The Labute approximate surface area is 165 Å². The number of rotatable bonds is 4. The minimum Gasteiger partial charge on any atom is -0.268 e. The Hall–Kier alpha value is -0.960. The number of nitrogens with zero attached hydrogens (tertiary/aromatic N) is 5. The molecule has 0 N–H and O–H groups in total. The van der Waals surface area contributed by atoms with E-state index < -0.39 is 0 Å². The smallest absolute Gasteiger partial charge is 0.266 e. The van der Waals surface area contributed by atoms with Gasteiger partial charge >= 0.3 is 0 Å². The van der Waals surface area contributed by atoms with Gasteiger partial charge in [0.1, 0.15) is 0 Å². The molecule has 0 saturated carbocycles. The number of thioether (sulfide) groups is 1. The summed E-state index contributed by atoms with van der Waals surface area (Å²) in [6.07, 6.45) is 7.56. The van der Waals surface area contributed by atoms with Gasteiger partial charge in [-0.2, -0.15) is 5.10 Å². The van der Waals surface area contributed by atoms with Gasteiger partial charge in [0.25, 0.3) is 5.56 Å². The fourth-order valence-corrected chi connectivity index (χ4v) is 4.84. The first-order chi connectivity index (χ1) is 12.6. The highest BCUT2D eigenvalue weighted by Gasteiger charge is 2.28. The second-order valence-electron chi connectivity index (χ2n) is 7.11. The SMILES string of the molecule is Cc1cc(=O)n(C)nc1CSC(=S)N(N1CCCCC1)N1CCCCC1. The van der Waals surface area contributed by atoms with Crippen molar-refractivity contribution in [2.24, 2.45) is 7.05 Å². The van der Waals surface area contributed by atoms with Crippen LogP contribution in [0.2, 0.25) is 0 Å². The Morgan fingerprint density at radius 1 is 1.12 bits per heavy atom. The maximum absolute atomic E-state index is 11.7. The molecule has 0 radical (unpaired) electrons. The van der Waals surface area contributed by atoms with Crippen LogP contribution in [0.15, 0.2) is 10.9 Å². The summed E-state index contributed by atoms with van der Waals surface area (Å²) in [5.74, 6) is 0.691. The summed E-state index contributed by atoms with van der Waals surface area (Å²) in [5, 5.41) is 11.5. The van der Waals surface area contributed by atoms with Crippen molar-refractivity contribution in [2.45, 2.75) is 51.2 Å². The molecule has 0 amide bonds. The fourth-order valence-electron chi connectivity index (χ4n) is 3.54. The molecule has 2 aliphatic rings. The molecular weight excluding hydrogens is 366 g/mol. The number of thiocarbonyl (C=S) groups is 1. The predicted octanol–water partition coefficient (Wildman–Crippen LogP) is 2.71. The molecule has 0 spiro atoms. The molecule has 0 aliphatic carbocycles. The van der Waals surface area contributed by atoms with Crippen molar-refractivity contribution in [1.29, 1.82) is 0 Å². The van der Waals surface area contributed by atoms with Gasteiger partial charge in [-0.1, -0.05) is 24.6 Å². The summed E-state index contributed by atoms with van der Waals surface area (Å²) in [6.45, 7) is 6.26. The van der Waals surface area contributed by atoms with Crippen LogP contribution in [0.3, 0.4) is 0 Å². The maximum atomic E-state index is 11.7. The number of aromatic nitrogens is 2. The summed E-state index contributed by atoms with van der Waals surface area (Å²) in [7, 11) is 1.70. The first kappa shape index (κ1) is 19.8. The predicted molar refractivity (Wildman–Crippen MR) is 111 cm³/mol. The summed E-state index contributed by atoms with van der Waals surface area (Å²) < 4.78 is 2.29. The van der Waals surface area contributed by atoms with Gasteiger partial charge in [-0.05, 0) is 50.4 Å². The van der Waals surface area contributed by atoms with E-state index in [1.54, 1.807) is 24.9 Å². The van der Waals surface area contributed by atoms with Gasteiger partial charge in [0.2, 0.25) is 0 Å². The van der Waals surface area contributed by atoms with Crippen LogP contribution in [0.25, 0.3) is 0 Å². The van der Waals surface area contributed by atoms with Crippen molar-refractivity contribution < 1.29 is 0 Å². The molecule has 6 nitrogen and oxygen atoms in total. The molecule has 0 unspecified atom stereocenters. The minimum atomic E-state index is -0.0675. The van der Waals surface area contributed by atoms with Gasteiger partial charge in [0.05, 0.1) is 5.69 Å². The Morgan fingerprint density at radius 3 is 2.19 bits per heavy atom. The lowest BCUT2D eigenvalue weighted by atomic mass is 10.1. The summed E-state index contributed by atoms with van der Waals surface area (Å²) in [6, 6.07) is 1.65. The molecule has 8 heteroatoms. The van der Waals surface area contributed by atoms with Crippen LogP contribution in [0.5, 0.6) is 0 Å². The van der Waals surface area contributed by atoms with Crippen LogP contribution in [-0.4, -0.2) is 55.4 Å². The third-order valence-electron chi connectivity index (χ3n) is 5.08. The van der Waals surface area contributed by atoms with Crippen LogP contribution in [0.4, 0.5) is 0 Å². The molecule has 0 atom stereocenters. The van der Waals surface area contributed by atoms with Gasteiger partial charge < -0.3 is 0 Å². The third kappa shape index (κ3) is 4.85. The molecule has 3 rings (SSSR count). The van der Waals surface area contributed by atoms with Crippen molar-refractivity contribution in [3.05, 3.63) is 27.7 Å². The first-order valence-corrected chi connectivity index (χ1v) is 11.0. The number of hydrazine groups is 2. The van der Waals surface area contributed by atoms with Crippen molar-refractivity contribution >= 4 is 28.3 Å². The van der Waals surface area contributed by atoms with Crippen molar-refractivity contribution in [3.63, 3.8) is 0 Å². The van der Waals surface area contributed by atoms with Gasteiger partial charge in [0.15, 0.2) is 4.32 Å². The second kappa shape index (κ2) is 9.30. The standard InChI is InChI=1S/C18H29N5OS2/c1-15-13-17(24)20(2)19-16(15)14-26-18(25)23(21-9-5-3-6-10-21)22-11-7-4-8-12-22/h13H,3-12,14H2,1-2H3. The monoisotopic (exact) mass is 395 g/mol. The number of piperidine rings is 2. The molecule has 1 aromatic heterocycles. The number of hydrogen-bond acceptors (Lipinski definition) is 6. The number of hydrogen-bond donors (Lipinski definition) is 0. The molecule has 0 bridgehead atoms. The molecule has 144 valence electrons. The molecule has 2 saturated heterocycles. The Bertz CT molecular complexity index is 663. The Morgan fingerprint density at radius 2 is 1.65 bits per heavy atom. The summed E-state index contributed by atoms with van der Waals surface area (Å²) in [5.41, 5.74) is 1.80. The topological polar surface area (TPSA) is 44.6 Å². The quantitative estimate of drug-likeness (QED) is 0.726. The highest BCUT2D eigenvalue weighted by Crippen LogP contribution is 2.24. The number of aryl methyl sites for hydroxylation is 2. The highest BCUT2D eigenvalue weighted by molar-refractivity contribution is 8.22. The van der Waals surface area contributed by atoms with Crippen LogP contribution >= 0.6 is 24.0 Å². The van der Waals surface area contributed by atoms with Crippen molar-refractivity contribution in [3.8, 4) is 0 Å². The van der Waals surface area contributed by atoms with Gasteiger partial charge in [-0.3, -0.25) is 4.79 Å². The van der Waals surface area contributed by atoms with E-state index in [1.165, 1.54) is 43.2 Å². The Kier molecular flexibility index (Phi) is 7.08. The van der Waals surface area contributed by atoms with Crippen molar-refractivity contribution in [1.82, 2.24) is 24.9 Å². The summed E-state index contributed by atoms with van der Waals surface area (Å²) in [4.78, 5) is 11.7. The van der Waals surface area contributed by atoms with E-state index >= 15 is 0 Å². The molecule has 2 fully saturated rings. The molecule has 26 heavy (non-hydrogen) atoms. The van der Waals surface area contributed by atoms with Gasteiger partial charge in [0, 0.05) is 45.0 Å². The van der Waals surface area contributed by atoms with E-state index in [9.17, 15) is 4.79 Å². The lowest BCUT2D eigenvalue weighted by Gasteiger charge is -2.46. The normalized spacial score (nSPS) is 19.5. The lowest BCUT2D eigenvalue weighted by molar-refractivity contribution is -0.136. The minimum absolute atomic E-state index is 0.0675. The van der Waals surface area contributed by atoms with E-state index in [-0.39, 0.29) is 5.56 Å². The van der Waals surface area contributed by atoms with E-state index in [0.717, 1.165) is 41.8 Å². The zero-order chi connectivity index (χ0) is 18.5. The van der Waals surface area contributed by atoms with Crippen LogP contribution in [-0.2, 0) is 12.8 Å². The van der Waals surface area contributed by atoms with Crippen LogP contribution < -0.4 is 5.56 Å². The zero-order valence-electron chi connectivity index (χ0n) is 15.8. The van der Waals surface area contributed by atoms with Crippen molar-refractivity contribution in [2.75, 3.05) is 26.2 Å². The second-order valence-corrected chi connectivity index (χ2v) is 8.72. The molecule has 3 heterocycles. The van der Waals surface area contributed by atoms with Gasteiger partial charge in [-0.25, -0.2) is 19.8 Å². The molecule has 1 aromatic rings. The van der Waals surface area contributed by atoms with Crippen LogP contribution in [0.1, 0.15) is 49.8 Å². The van der Waals surface area contributed by atoms with E-state index in [1.807, 2.05) is 6.92 Å². The van der Waals surface area contributed by atoms with E-state index in [4.69, 9.17) is 12.2 Å². The van der Waals surface area contributed by atoms with E-state index in [2.05, 4.69) is 20.2 Å². The highest BCUT2D eigenvalue weighted by atomic mass is 32.2. The average Bonchev–Trinajstić information content (AvgIpc) is 2.65. The van der Waals surface area contributed by atoms with Gasteiger partial charge in [-0.15, -0.1) is 0 Å². The van der Waals surface area contributed by atoms with E-state index in [0.29, 0.717) is 5.75 Å². The zero-order valence-corrected chi connectivity index (χ0v) is 17.4. The average molecular weight is 396 g/mol. The molecule has 0 aromatic carbocycles. The molecular formula is C18H29N5OS2.